The van der Waals surface area contributed by atoms with E-state index in [9.17, 15) is 13.2 Å². The Morgan fingerprint density at radius 1 is 1.15 bits per heavy atom. The second-order valence-electron chi connectivity index (χ2n) is 9.32. The van der Waals surface area contributed by atoms with Gasteiger partial charge < -0.3 is 15.0 Å². The van der Waals surface area contributed by atoms with Crippen LogP contribution >= 0.6 is 11.8 Å². The van der Waals surface area contributed by atoms with Crippen molar-refractivity contribution in [2.75, 3.05) is 76.4 Å². The average Bonchev–Trinajstić information content (AvgIpc) is 3.33. The van der Waals surface area contributed by atoms with Gasteiger partial charge in [0.2, 0.25) is 10.0 Å². The minimum Gasteiger partial charge on any atom is -0.379 e. The number of ether oxygens (including phenoxy) is 1. The van der Waals surface area contributed by atoms with E-state index < -0.39 is 10.0 Å². The number of anilines is 1. The van der Waals surface area contributed by atoms with E-state index in [-0.39, 0.29) is 16.3 Å². The van der Waals surface area contributed by atoms with E-state index in [0.29, 0.717) is 12.1 Å². The highest BCUT2D eigenvalue weighted by atomic mass is 32.2. The van der Waals surface area contributed by atoms with Gasteiger partial charge in [-0.2, -0.15) is 11.8 Å². The van der Waals surface area contributed by atoms with Crippen LogP contribution in [0.25, 0.3) is 0 Å². The summed E-state index contributed by atoms with van der Waals surface area (Å²) in [7, 11) is -0.608. The van der Waals surface area contributed by atoms with Crippen molar-refractivity contribution in [3.63, 3.8) is 0 Å². The number of carbonyl (C=O) groups is 1. The van der Waals surface area contributed by atoms with Gasteiger partial charge in [0, 0.05) is 63.8 Å². The third-order valence-electron chi connectivity index (χ3n) is 7.03. The van der Waals surface area contributed by atoms with Crippen LogP contribution in [-0.2, 0) is 14.8 Å². The average molecular weight is 497 g/mol. The minimum atomic E-state index is -3.63. The number of morpholine rings is 1. The summed E-state index contributed by atoms with van der Waals surface area (Å²) in [5.41, 5.74) is 1.21. The lowest BCUT2D eigenvalue weighted by atomic mass is 9.95. The van der Waals surface area contributed by atoms with Gasteiger partial charge >= 0.3 is 0 Å². The number of rotatable bonds is 7. The van der Waals surface area contributed by atoms with Gasteiger partial charge in [0.25, 0.3) is 5.91 Å². The molecule has 3 aliphatic heterocycles. The van der Waals surface area contributed by atoms with Crippen LogP contribution in [0, 0.1) is 0 Å². The zero-order valence-corrected chi connectivity index (χ0v) is 21.3. The number of sulfonamides is 1. The monoisotopic (exact) mass is 496 g/mol. The van der Waals surface area contributed by atoms with Crippen LogP contribution in [-0.4, -0.2) is 101 Å². The van der Waals surface area contributed by atoms with E-state index in [1.807, 2.05) is 11.8 Å². The number of amides is 1. The fourth-order valence-electron chi connectivity index (χ4n) is 4.95. The Hall–Kier alpha value is -1.33. The molecule has 184 valence electrons. The Kier molecular flexibility index (Phi) is 7.90. The number of hydrogen-bond acceptors (Lipinski definition) is 7. The van der Waals surface area contributed by atoms with E-state index in [2.05, 4.69) is 15.1 Å². The second kappa shape index (κ2) is 10.5. The smallest absolute Gasteiger partial charge is 0.253 e. The first-order valence-electron chi connectivity index (χ1n) is 11.8. The Morgan fingerprint density at radius 2 is 1.88 bits per heavy atom. The molecule has 3 fully saturated rings. The number of thioether (sulfide) groups is 1. The minimum absolute atomic E-state index is 0.0667. The van der Waals surface area contributed by atoms with Gasteiger partial charge in [-0.1, -0.05) is 0 Å². The lowest BCUT2D eigenvalue weighted by Crippen LogP contribution is -2.59. The number of benzene rings is 1. The fraction of sp³-hybridized carbons (Fsp3) is 0.696. The van der Waals surface area contributed by atoms with Crippen molar-refractivity contribution in [2.24, 2.45) is 0 Å². The molecule has 1 aromatic carbocycles. The van der Waals surface area contributed by atoms with Crippen LogP contribution in [0.1, 0.15) is 36.0 Å². The van der Waals surface area contributed by atoms with Crippen molar-refractivity contribution in [2.45, 2.75) is 36.1 Å². The molecule has 33 heavy (non-hydrogen) atoms. The number of hydrogen-bond donors (Lipinski definition) is 1. The predicted molar refractivity (Wildman–Crippen MR) is 133 cm³/mol. The van der Waals surface area contributed by atoms with Crippen LogP contribution in [0.4, 0.5) is 5.69 Å². The Balaban J connectivity index is 1.60. The molecule has 4 rings (SSSR count). The second-order valence-corrected chi connectivity index (χ2v) is 12.6. The molecule has 1 unspecified atom stereocenters. The van der Waals surface area contributed by atoms with E-state index in [1.165, 1.54) is 24.8 Å². The van der Waals surface area contributed by atoms with Crippen LogP contribution in [0.15, 0.2) is 23.1 Å². The van der Waals surface area contributed by atoms with Crippen LogP contribution in [0.2, 0.25) is 0 Å². The molecule has 1 N–H and O–H groups in total. The summed E-state index contributed by atoms with van der Waals surface area (Å²) in [6, 6.07) is 4.98. The molecule has 3 aliphatic rings. The summed E-state index contributed by atoms with van der Waals surface area (Å²) in [6.07, 6.45) is 4.38. The summed E-state index contributed by atoms with van der Waals surface area (Å²) in [5, 5.41) is 3.20. The van der Waals surface area contributed by atoms with Crippen LogP contribution in [0.5, 0.6) is 0 Å². The first-order chi connectivity index (χ1) is 15.8. The van der Waals surface area contributed by atoms with Crippen molar-refractivity contribution >= 4 is 33.4 Å². The standard InChI is InChI=1S/C23H36N4O4S2/c1-25(2)33(29,30)19-6-7-21(26-9-4-3-5-10-26)20(16-19)22(28)24-17-23(8-15-32-18-23)27-11-13-31-14-12-27/h6-7,16H,3-5,8-15,17-18H2,1-2H3,(H,24,28). The Labute approximate surface area is 202 Å². The molecule has 8 nitrogen and oxygen atoms in total. The van der Waals surface area contributed by atoms with E-state index in [4.69, 9.17) is 4.74 Å². The van der Waals surface area contributed by atoms with Gasteiger partial charge in [-0.25, -0.2) is 12.7 Å². The maximum Gasteiger partial charge on any atom is 0.253 e. The van der Waals surface area contributed by atoms with Crippen molar-refractivity contribution in [3.8, 4) is 0 Å². The third kappa shape index (κ3) is 5.35. The molecule has 1 atom stereocenters. The summed E-state index contributed by atoms with van der Waals surface area (Å²) in [4.78, 5) is 18.4. The first-order valence-corrected chi connectivity index (χ1v) is 14.4. The molecule has 10 heteroatoms. The molecule has 3 heterocycles. The highest BCUT2D eigenvalue weighted by Gasteiger charge is 2.41. The molecule has 0 spiro atoms. The molecule has 1 aromatic rings. The van der Waals surface area contributed by atoms with Crippen molar-refractivity contribution in [1.29, 1.82) is 0 Å². The Morgan fingerprint density at radius 3 is 2.52 bits per heavy atom. The maximum absolute atomic E-state index is 13.5. The maximum atomic E-state index is 13.5. The summed E-state index contributed by atoms with van der Waals surface area (Å²) in [5.74, 6) is 1.88. The summed E-state index contributed by atoms with van der Waals surface area (Å²) in [6.45, 7) is 5.54. The molecule has 0 saturated carbocycles. The SMILES string of the molecule is CN(C)S(=O)(=O)c1ccc(N2CCCCC2)c(C(=O)NCC2(N3CCOCC3)CCSC2)c1. The number of nitrogens with one attached hydrogen (secondary N) is 1. The first kappa shape index (κ1) is 24.8. The molecule has 0 bridgehead atoms. The third-order valence-corrected chi connectivity index (χ3v) is 10.1. The van der Waals surface area contributed by atoms with Crippen LogP contribution < -0.4 is 10.2 Å². The summed E-state index contributed by atoms with van der Waals surface area (Å²) >= 11 is 1.93. The van der Waals surface area contributed by atoms with Gasteiger partial charge in [0.05, 0.1) is 23.7 Å². The molecule has 0 aromatic heterocycles. The number of carbonyl (C=O) groups excluding carboxylic acids is 1. The topological polar surface area (TPSA) is 82.2 Å². The Bertz CT molecular complexity index is 936. The lowest BCUT2D eigenvalue weighted by molar-refractivity contribution is -0.0129. The van der Waals surface area contributed by atoms with Gasteiger partial charge in [-0.15, -0.1) is 0 Å². The highest BCUT2D eigenvalue weighted by Crippen LogP contribution is 2.34. The number of piperidine rings is 1. The van der Waals surface area contributed by atoms with Crippen molar-refractivity contribution in [1.82, 2.24) is 14.5 Å². The molecule has 0 radical (unpaired) electrons. The molecular formula is C23H36N4O4S2. The lowest BCUT2D eigenvalue weighted by Gasteiger charge is -2.43. The molecule has 1 amide bonds. The van der Waals surface area contributed by atoms with E-state index in [0.717, 1.165) is 75.8 Å². The normalized spacial score (nSPS) is 24.9. The molecule has 0 aliphatic carbocycles. The van der Waals surface area contributed by atoms with Gasteiger partial charge in [-0.3, -0.25) is 9.69 Å². The zero-order valence-electron chi connectivity index (χ0n) is 19.7. The predicted octanol–water partition coefficient (Wildman–Crippen LogP) is 1.86. The quantitative estimate of drug-likeness (QED) is 0.617. The summed E-state index contributed by atoms with van der Waals surface area (Å²) < 4.78 is 32.3. The van der Waals surface area contributed by atoms with Crippen molar-refractivity contribution in [3.05, 3.63) is 23.8 Å². The van der Waals surface area contributed by atoms with E-state index >= 15 is 0 Å². The zero-order chi connectivity index (χ0) is 23.5. The van der Waals surface area contributed by atoms with Gasteiger partial charge in [0.15, 0.2) is 0 Å². The number of nitrogens with zero attached hydrogens (tertiary/aromatic N) is 3. The van der Waals surface area contributed by atoms with Crippen molar-refractivity contribution < 1.29 is 17.9 Å². The molecular weight excluding hydrogens is 460 g/mol. The largest absolute Gasteiger partial charge is 0.379 e. The van der Waals surface area contributed by atoms with Crippen LogP contribution in [0.3, 0.4) is 0 Å². The molecule has 3 saturated heterocycles. The van der Waals surface area contributed by atoms with Gasteiger partial charge in [0.1, 0.15) is 0 Å². The van der Waals surface area contributed by atoms with E-state index in [1.54, 1.807) is 18.2 Å². The highest BCUT2D eigenvalue weighted by molar-refractivity contribution is 7.99. The fourth-order valence-corrected chi connectivity index (χ4v) is 7.36. The van der Waals surface area contributed by atoms with Gasteiger partial charge in [-0.05, 0) is 49.6 Å².